The van der Waals surface area contributed by atoms with Crippen LogP contribution in [0.1, 0.15) is 12.8 Å². The Balaban J connectivity index is 1.77. The molecule has 0 aliphatic carbocycles. The molecule has 0 saturated carbocycles. The summed E-state index contributed by atoms with van der Waals surface area (Å²) in [5.74, 6) is -0.0441. The number of H-pyrrole nitrogens is 1. The lowest BCUT2D eigenvalue weighted by molar-refractivity contribution is -0.124. The van der Waals surface area contributed by atoms with Crippen molar-refractivity contribution in [3.63, 3.8) is 0 Å². The third-order valence-corrected chi connectivity index (χ3v) is 3.04. The minimum absolute atomic E-state index is 0.0441. The summed E-state index contributed by atoms with van der Waals surface area (Å²) >= 11 is 0. The second-order valence-electron chi connectivity index (χ2n) is 4.27. The first kappa shape index (κ1) is 10.4. The van der Waals surface area contributed by atoms with Gasteiger partial charge in [-0.15, -0.1) is 0 Å². The molecule has 88 valence electrons. The number of aromatic nitrogens is 1. The highest BCUT2D eigenvalue weighted by atomic mass is 16.5. The van der Waals surface area contributed by atoms with E-state index in [0.717, 1.165) is 29.4 Å². The van der Waals surface area contributed by atoms with Crippen LogP contribution in [-0.2, 0) is 9.53 Å². The number of benzene rings is 1. The van der Waals surface area contributed by atoms with Crippen molar-refractivity contribution in [1.82, 2.24) is 4.98 Å². The summed E-state index contributed by atoms with van der Waals surface area (Å²) in [6.45, 7) is 0.689. The topological polar surface area (TPSA) is 54.1 Å². The summed E-state index contributed by atoms with van der Waals surface area (Å²) in [7, 11) is 0. The van der Waals surface area contributed by atoms with Crippen LogP contribution < -0.4 is 5.32 Å². The largest absolute Gasteiger partial charge is 0.368 e. The predicted molar refractivity (Wildman–Crippen MR) is 65.9 cm³/mol. The normalized spacial score (nSPS) is 19.6. The van der Waals surface area contributed by atoms with Gasteiger partial charge in [0, 0.05) is 29.4 Å². The maximum absolute atomic E-state index is 11.8. The Labute approximate surface area is 99.0 Å². The van der Waals surface area contributed by atoms with Crippen molar-refractivity contribution in [2.45, 2.75) is 18.9 Å². The molecule has 0 bridgehead atoms. The van der Waals surface area contributed by atoms with Crippen molar-refractivity contribution in [3.05, 3.63) is 30.5 Å². The third kappa shape index (κ3) is 2.03. The summed E-state index contributed by atoms with van der Waals surface area (Å²) < 4.78 is 5.34. The summed E-state index contributed by atoms with van der Waals surface area (Å²) in [5, 5.41) is 3.98. The quantitative estimate of drug-likeness (QED) is 0.831. The monoisotopic (exact) mass is 230 g/mol. The number of rotatable bonds is 2. The van der Waals surface area contributed by atoms with Crippen LogP contribution >= 0.6 is 0 Å². The van der Waals surface area contributed by atoms with Crippen LogP contribution in [0.3, 0.4) is 0 Å². The average molecular weight is 230 g/mol. The molecule has 1 saturated heterocycles. The molecular weight excluding hydrogens is 216 g/mol. The van der Waals surface area contributed by atoms with E-state index in [1.807, 2.05) is 30.5 Å². The van der Waals surface area contributed by atoms with Crippen molar-refractivity contribution < 1.29 is 9.53 Å². The molecule has 1 atom stereocenters. The SMILES string of the molecule is O=C(Nc1ccc2[nH]ccc2c1)C1CCCO1. The number of carbonyl (C=O) groups is 1. The average Bonchev–Trinajstić information content (AvgIpc) is 2.99. The zero-order valence-corrected chi connectivity index (χ0v) is 9.40. The van der Waals surface area contributed by atoms with E-state index in [9.17, 15) is 4.79 Å². The van der Waals surface area contributed by atoms with Crippen molar-refractivity contribution in [1.29, 1.82) is 0 Å². The van der Waals surface area contributed by atoms with Crippen molar-refractivity contribution in [2.75, 3.05) is 11.9 Å². The highest BCUT2D eigenvalue weighted by Crippen LogP contribution is 2.19. The van der Waals surface area contributed by atoms with Crippen LogP contribution in [0.4, 0.5) is 5.69 Å². The Morgan fingerprint density at radius 3 is 3.18 bits per heavy atom. The fourth-order valence-electron chi connectivity index (χ4n) is 2.14. The molecule has 1 fully saturated rings. The number of ether oxygens (including phenoxy) is 1. The molecule has 2 N–H and O–H groups in total. The summed E-state index contributed by atoms with van der Waals surface area (Å²) in [4.78, 5) is 15.0. The van der Waals surface area contributed by atoms with Gasteiger partial charge < -0.3 is 15.0 Å². The van der Waals surface area contributed by atoms with Gasteiger partial charge >= 0.3 is 0 Å². The summed E-state index contributed by atoms with van der Waals surface area (Å²) in [6, 6.07) is 7.79. The lowest BCUT2D eigenvalue weighted by atomic mass is 10.2. The maximum Gasteiger partial charge on any atom is 0.253 e. The molecule has 4 heteroatoms. The van der Waals surface area contributed by atoms with Crippen LogP contribution in [0.15, 0.2) is 30.5 Å². The van der Waals surface area contributed by atoms with Crippen LogP contribution in [0.2, 0.25) is 0 Å². The first-order chi connectivity index (χ1) is 8.33. The molecule has 1 aromatic heterocycles. The Morgan fingerprint density at radius 1 is 1.41 bits per heavy atom. The molecule has 17 heavy (non-hydrogen) atoms. The number of anilines is 1. The molecule has 2 heterocycles. The highest BCUT2D eigenvalue weighted by Gasteiger charge is 2.23. The molecule has 1 unspecified atom stereocenters. The van der Waals surface area contributed by atoms with Gasteiger partial charge in [0.15, 0.2) is 0 Å². The number of fused-ring (bicyclic) bond motifs is 1. The molecule has 4 nitrogen and oxygen atoms in total. The third-order valence-electron chi connectivity index (χ3n) is 3.04. The van der Waals surface area contributed by atoms with Crippen molar-refractivity contribution in [2.24, 2.45) is 0 Å². The smallest absolute Gasteiger partial charge is 0.253 e. The highest BCUT2D eigenvalue weighted by molar-refractivity contribution is 5.96. The van der Waals surface area contributed by atoms with Crippen LogP contribution in [0.25, 0.3) is 10.9 Å². The number of hydrogen-bond donors (Lipinski definition) is 2. The Kier molecular flexibility index (Phi) is 2.57. The molecule has 3 rings (SSSR count). The zero-order chi connectivity index (χ0) is 11.7. The lowest BCUT2D eigenvalue weighted by Crippen LogP contribution is -2.26. The Bertz CT molecular complexity index is 541. The second kappa shape index (κ2) is 4.22. The first-order valence-electron chi connectivity index (χ1n) is 5.82. The number of hydrogen-bond acceptors (Lipinski definition) is 2. The fraction of sp³-hybridized carbons (Fsp3) is 0.308. The zero-order valence-electron chi connectivity index (χ0n) is 9.40. The molecule has 0 spiro atoms. The van der Waals surface area contributed by atoms with Gasteiger partial charge in [-0.2, -0.15) is 0 Å². The minimum Gasteiger partial charge on any atom is -0.368 e. The fourth-order valence-corrected chi connectivity index (χ4v) is 2.14. The lowest BCUT2D eigenvalue weighted by Gasteiger charge is -2.10. The predicted octanol–water partition coefficient (Wildman–Crippen LogP) is 2.29. The molecular formula is C13H14N2O2. The van der Waals surface area contributed by atoms with Gasteiger partial charge in [-0.1, -0.05) is 0 Å². The van der Waals surface area contributed by atoms with E-state index in [1.54, 1.807) is 0 Å². The van der Waals surface area contributed by atoms with Crippen molar-refractivity contribution in [3.8, 4) is 0 Å². The number of amides is 1. The van der Waals surface area contributed by atoms with E-state index in [2.05, 4.69) is 10.3 Å². The van der Waals surface area contributed by atoms with Gasteiger partial charge in [0.1, 0.15) is 6.10 Å². The Hall–Kier alpha value is -1.81. The summed E-state index contributed by atoms with van der Waals surface area (Å²) in [6.07, 6.45) is 3.39. The van der Waals surface area contributed by atoms with Crippen LogP contribution in [0, 0.1) is 0 Å². The first-order valence-corrected chi connectivity index (χ1v) is 5.82. The number of nitrogens with one attached hydrogen (secondary N) is 2. The molecule has 1 aliphatic rings. The van der Waals surface area contributed by atoms with Crippen LogP contribution in [0.5, 0.6) is 0 Å². The van der Waals surface area contributed by atoms with Gasteiger partial charge in [-0.05, 0) is 37.1 Å². The van der Waals surface area contributed by atoms with Gasteiger partial charge in [-0.25, -0.2) is 0 Å². The molecule has 1 aromatic carbocycles. The number of carbonyl (C=O) groups excluding carboxylic acids is 1. The minimum atomic E-state index is -0.281. The standard InChI is InChI=1S/C13H14N2O2/c16-13(12-2-1-7-17-12)15-10-3-4-11-9(8-10)5-6-14-11/h3-6,8,12,14H,1-2,7H2,(H,15,16). The molecule has 1 amide bonds. The maximum atomic E-state index is 11.8. The van der Waals surface area contributed by atoms with Gasteiger partial charge in [0.25, 0.3) is 5.91 Å². The van der Waals surface area contributed by atoms with Crippen LogP contribution in [-0.4, -0.2) is 23.6 Å². The molecule has 2 aromatic rings. The van der Waals surface area contributed by atoms with Gasteiger partial charge in [0.05, 0.1) is 0 Å². The molecule has 0 radical (unpaired) electrons. The summed E-state index contributed by atoms with van der Waals surface area (Å²) in [5.41, 5.74) is 1.89. The Morgan fingerprint density at radius 2 is 2.35 bits per heavy atom. The van der Waals surface area contributed by atoms with E-state index >= 15 is 0 Å². The van der Waals surface area contributed by atoms with E-state index in [-0.39, 0.29) is 12.0 Å². The van der Waals surface area contributed by atoms with Crippen molar-refractivity contribution >= 4 is 22.5 Å². The molecule has 1 aliphatic heterocycles. The van der Waals surface area contributed by atoms with E-state index in [1.165, 1.54) is 0 Å². The van der Waals surface area contributed by atoms with Gasteiger partial charge in [0.2, 0.25) is 0 Å². The second-order valence-corrected chi connectivity index (χ2v) is 4.27. The van der Waals surface area contributed by atoms with E-state index in [4.69, 9.17) is 4.74 Å². The number of aromatic amines is 1. The van der Waals surface area contributed by atoms with E-state index in [0.29, 0.717) is 6.61 Å². The van der Waals surface area contributed by atoms with Gasteiger partial charge in [-0.3, -0.25) is 4.79 Å². The van der Waals surface area contributed by atoms with E-state index < -0.39 is 0 Å².